The molecule has 3 rings (SSSR count). The Labute approximate surface area is 89.9 Å². The first kappa shape index (κ1) is 9.33. The van der Waals surface area contributed by atoms with Crippen LogP contribution in [0, 0.1) is 5.92 Å². The number of piperidine rings is 1. The number of rotatable bonds is 3. The van der Waals surface area contributed by atoms with Crippen LogP contribution in [0.1, 0.15) is 43.3 Å². The van der Waals surface area contributed by atoms with Crippen molar-refractivity contribution in [2.24, 2.45) is 5.92 Å². The Morgan fingerprint density at radius 1 is 1.27 bits per heavy atom. The Hall–Kier alpha value is -0.900. The van der Waals surface area contributed by atoms with Crippen molar-refractivity contribution in [2.45, 2.75) is 38.0 Å². The van der Waals surface area contributed by atoms with Gasteiger partial charge in [-0.1, -0.05) is 0 Å². The van der Waals surface area contributed by atoms with Crippen LogP contribution in [0.4, 0.5) is 0 Å². The lowest BCUT2D eigenvalue weighted by Gasteiger charge is -2.21. The van der Waals surface area contributed by atoms with Gasteiger partial charge >= 0.3 is 0 Å². The fourth-order valence-corrected chi connectivity index (χ4v) is 2.30. The Morgan fingerprint density at radius 3 is 2.93 bits per heavy atom. The Morgan fingerprint density at radius 2 is 2.20 bits per heavy atom. The van der Waals surface area contributed by atoms with Crippen LogP contribution in [0.2, 0.25) is 0 Å². The van der Waals surface area contributed by atoms with Gasteiger partial charge in [-0.15, -0.1) is 0 Å². The first-order valence-corrected chi connectivity index (χ1v) is 6.04. The van der Waals surface area contributed by atoms with E-state index < -0.39 is 0 Å². The summed E-state index contributed by atoms with van der Waals surface area (Å²) in [4.78, 5) is 4.57. The van der Waals surface area contributed by atoms with Gasteiger partial charge in [-0.3, -0.25) is 5.10 Å². The van der Waals surface area contributed by atoms with Gasteiger partial charge in [0.1, 0.15) is 5.82 Å². The molecular weight excluding hydrogens is 188 g/mol. The maximum Gasteiger partial charge on any atom is 0.153 e. The highest BCUT2D eigenvalue weighted by Crippen LogP contribution is 2.37. The van der Waals surface area contributed by atoms with Crippen molar-refractivity contribution in [1.82, 2.24) is 20.5 Å². The molecule has 4 heteroatoms. The number of nitrogens with one attached hydrogen (secondary N) is 2. The standard InChI is InChI=1S/C11H18N4/c1-2-8(7-12-5-1)6-10-13-11(15-14-10)9-3-4-9/h8-9,12H,1-7H2,(H,13,14,15). The minimum Gasteiger partial charge on any atom is -0.316 e. The van der Waals surface area contributed by atoms with E-state index >= 15 is 0 Å². The molecule has 1 saturated carbocycles. The molecule has 15 heavy (non-hydrogen) atoms. The largest absolute Gasteiger partial charge is 0.316 e. The normalized spacial score (nSPS) is 26.8. The molecule has 1 aliphatic heterocycles. The van der Waals surface area contributed by atoms with Gasteiger partial charge in [0.05, 0.1) is 0 Å². The van der Waals surface area contributed by atoms with Crippen molar-refractivity contribution in [1.29, 1.82) is 0 Å². The van der Waals surface area contributed by atoms with Gasteiger partial charge < -0.3 is 5.32 Å². The first-order chi connectivity index (χ1) is 7.42. The molecule has 2 heterocycles. The molecule has 1 saturated heterocycles. The second-order valence-corrected chi connectivity index (χ2v) is 4.83. The van der Waals surface area contributed by atoms with E-state index in [9.17, 15) is 0 Å². The summed E-state index contributed by atoms with van der Waals surface area (Å²) < 4.78 is 0. The zero-order chi connectivity index (χ0) is 10.1. The molecule has 82 valence electrons. The van der Waals surface area contributed by atoms with Crippen LogP contribution in [0.3, 0.4) is 0 Å². The molecule has 1 unspecified atom stereocenters. The number of nitrogens with zero attached hydrogens (tertiary/aromatic N) is 2. The van der Waals surface area contributed by atoms with Crippen molar-refractivity contribution in [2.75, 3.05) is 13.1 Å². The number of H-pyrrole nitrogens is 1. The van der Waals surface area contributed by atoms with Crippen molar-refractivity contribution >= 4 is 0 Å². The van der Waals surface area contributed by atoms with Crippen LogP contribution in [-0.2, 0) is 6.42 Å². The summed E-state index contributed by atoms with van der Waals surface area (Å²) in [7, 11) is 0. The maximum atomic E-state index is 4.57. The summed E-state index contributed by atoms with van der Waals surface area (Å²) in [6.45, 7) is 2.32. The highest BCUT2D eigenvalue weighted by Gasteiger charge is 2.28. The summed E-state index contributed by atoms with van der Waals surface area (Å²) in [5.74, 6) is 3.55. The third-order valence-corrected chi connectivity index (χ3v) is 3.37. The molecule has 2 aliphatic rings. The summed E-state index contributed by atoms with van der Waals surface area (Å²) in [6, 6.07) is 0. The predicted octanol–water partition coefficient (Wildman–Crippen LogP) is 1.22. The SMILES string of the molecule is C1CNCC(Cc2nc(C3CC3)n[nH]2)C1. The van der Waals surface area contributed by atoms with Crippen molar-refractivity contribution in [3.05, 3.63) is 11.6 Å². The molecule has 4 nitrogen and oxygen atoms in total. The van der Waals surface area contributed by atoms with Gasteiger partial charge in [-0.05, 0) is 44.7 Å². The van der Waals surface area contributed by atoms with Gasteiger partial charge in [0.15, 0.2) is 5.82 Å². The monoisotopic (exact) mass is 206 g/mol. The fraction of sp³-hybridized carbons (Fsp3) is 0.818. The lowest BCUT2D eigenvalue weighted by atomic mass is 9.96. The quantitative estimate of drug-likeness (QED) is 0.782. The van der Waals surface area contributed by atoms with E-state index in [-0.39, 0.29) is 0 Å². The van der Waals surface area contributed by atoms with Gasteiger partial charge in [0, 0.05) is 12.3 Å². The number of hydrogen-bond donors (Lipinski definition) is 2. The van der Waals surface area contributed by atoms with Gasteiger partial charge in [-0.25, -0.2) is 4.98 Å². The molecule has 0 aromatic carbocycles. The second kappa shape index (κ2) is 3.93. The summed E-state index contributed by atoms with van der Waals surface area (Å²) in [6.07, 6.45) is 6.25. The van der Waals surface area contributed by atoms with Gasteiger partial charge in [0.2, 0.25) is 0 Å². The smallest absolute Gasteiger partial charge is 0.153 e. The highest BCUT2D eigenvalue weighted by molar-refractivity contribution is 5.05. The minimum atomic E-state index is 0.666. The highest BCUT2D eigenvalue weighted by atomic mass is 15.2. The average molecular weight is 206 g/mol. The van der Waals surface area contributed by atoms with E-state index in [1.807, 2.05) is 0 Å². The molecule has 2 N–H and O–H groups in total. The summed E-state index contributed by atoms with van der Waals surface area (Å²) in [5, 5.41) is 10.8. The summed E-state index contributed by atoms with van der Waals surface area (Å²) >= 11 is 0. The summed E-state index contributed by atoms with van der Waals surface area (Å²) in [5.41, 5.74) is 0. The second-order valence-electron chi connectivity index (χ2n) is 4.83. The van der Waals surface area contributed by atoms with Crippen LogP contribution in [0.25, 0.3) is 0 Å². The third-order valence-electron chi connectivity index (χ3n) is 3.37. The number of hydrogen-bond acceptors (Lipinski definition) is 3. The van der Waals surface area contributed by atoms with Crippen LogP contribution < -0.4 is 5.32 Å². The molecule has 0 radical (unpaired) electrons. The minimum absolute atomic E-state index is 0.666. The van der Waals surface area contributed by atoms with Gasteiger partial charge in [0.25, 0.3) is 0 Å². The molecule has 1 aliphatic carbocycles. The molecule has 2 fully saturated rings. The molecule has 1 aromatic rings. The Balaban J connectivity index is 1.60. The topological polar surface area (TPSA) is 53.6 Å². The Kier molecular flexibility index (Phi) is 2.44. The number of aromatic amines is 1. The zero-order valence-corrected chi connectivity index (χ0v) is 9.00. The van der Waals surface area contributed by atoms with Crippen molar-refractivity contribution < 1.29 is 0 Å². The van der Waals surface area contributed by atoms with E-state index in [0.717, 1.165) is 30.5 Å². The molecule has 0 amide bonds. The zero-order valence-electron chi connectivity index (χ0n) is 9.00. The van der Waals surface area contributed by atoms with Crippen LogP contribution in [0.15, 0.2) is 0 Å². The molecule has 1 aromatic heterocycles. The van der Waals surface area contributed by atoms with Crippen molar-refractivity contribution in [3.8, 4) is 0 Å². The third kappa shape index (κ3) is 2.20. The van der Waals surface area contributed by atoms with Crippen molar-refractivity contribution in [3.63, 3.8) is 0 Å². The van der Waals surface area contributed by atoms with Crippen LogP contribution in [-0.4, -0.2) is 28.3 Å². The molecule has 0 spiro atoms. The average Bonchev–Trinajstić information content (AvgIpc) is 3.02. The van der Waals surface area contributed by atoms with E-state index in [1.54, 1.807) is 0 Å². The van der Waals surface area contributed by atoms with Crippen LogP contribution >= 0.6 is 0 Å². The lowest BCUT2D eigenvalue weighted by Crippen LogP contribution is -2.31. The van der Waals surface area contributed by atoms with E-state index in [1.165, 1.54) is 32.2 Å². The van der Waals surface area contributed by atoms with E-state index in [4.69, 9.17) is 0 Å². The maximum absolute atomic E-state index is 4.57. The van der Waals surface area contributed by atoms with E-state index in [0.29, 0.717) is 5.92 Å². The first-order valence-electron chi connectivity index (χ1n) is 6.04. The fourth-order valence-electron chi connectivity index (χ4n) is 2.30. The predicted molar refractivity (Wildman–Crippen MR) is 57.7 cm³/mol. The molecule has 0 bridgehead atoms. The Bertz CT molecular complexity index is 323. The molecular formula is C11H18N4. The number of aromatic nitrogens is 3. The van der Waals surface area contributed by atoms with Crippen LogP contribution in [0.5, 0.6) is 0 Å². The van der Waals surface area contributed by atoms with Gasteiger partial charge in [-0.2, -0.15) is 5.10 Å². The van der Waals surface area contributed by atoms with E-state index in [2.05, 4.69) is 20.5 Å². The lowest BCUT2D eigenvalue weighted by molar-refractivity contribution is 0.371. The molecule has 1 atom stereocenters.